The van der Waals surface area contributed by atoms with Crippen molar-refractivity contribution >= 4 is 16.9 Å². The van der Waals surface area contributed by atoms with Crippen LogP contribution < -0.4 is 10.1 Å². The SMILES string of the molecule is CCCCNc1ncc2c(OCCOC)ncc([C@H]3CC[C@H](O)CC3)c2n1. The van der Waals surface area contributed by atoms with E-state index in [1.54, 1.807) is 13.3 Å². The summed E-state index contributed by atoms with van der Waals surface area (Å²) in [5, 5.41) is 14.0. The molecule has 1 fully saturated rings. The van der Waals surface area contributed by atoms with Gasteiger partial charge < -0.3 is 19.9 Å². The maximum Gasteiger partial charge on any atom is 0.224 e. The number of fused-ring (bicyclic) bond motifs is 1. The first kappa shape index (κ1) is 19.8. The molecular weight excluding hydrogens is 344 g/mol. The number of aromatic nitrogens is 3. The minimum absolute atomic E-state index is 0.182. The summed E-state index contributed by atoms with van der Waals surface area (Å²) >= 11 is 0. The van der Waals surface area contributed by atoms with Gasteiger partial charge in [-0.25, -0.2) is 15.0 Å². The molecule has 3 rings (SSSR count). The number of hydrogen-bond donors (Lipinski definition) is 2. The Kier molecular flexibility index (Phi) is 7.18. The second-order valence-corrected chi connectivity index (χ2v) is 7.10. The summed E-state index contributed by atoms with van der Waals surface area (Å²) in [6, 6.07) is 0. The molecule has 2 heterocycles. The predicted molar refractivity (Wildman–Crippen MR) is 105 cm³/mol. The van der Waals surface area contributed by atoms with Gasteiger partial charge in [-0.2, -0.15) is 0 Å². The van der Waals surface area contributed by atoms with E-state index in [9.17, 15) is 5.11 Å². The van der Waals surface area contributed by atoms with E-state index in [0.717, 1.165) is 61.5 Å². The molecule has 0 bridgehead atoms. The number of nitrogens with one attached hydrogen (secondary N) is 1. The molecule has 0 aliphatic heterocycles. The van der Waals surface area contributed by atoms with Crippen LogP contribution in [0.4, 0.5) is 5.95 Å². The molecule has 27 heavy (non-hydrogen) atoms. The van der Waals surface area contributed by atoms with Crippen LogP contribution in [0.5, 0.6) is 5.88 Å². The van der Waals surface area contributed by atoms with Crippen molar-refractivity contribution in [3.8, 4) is 5.88 Å². The van der Waals surface area contributed by atoms with E-state index >= 15 is 0 Å². The number of nitrogens with zero attached hydrogens (tertiary/aromatic N) is 3. The number of pyridine rings is 1. The highest BCUT2D eigenvalue weighted by molar-refractivity contribution is 5.86. The van der Waals surface area contributed by atoms with Crippen LogP contribution >= 0.6 is 0 Å². The van der Waals surface area contributed by atoms with E-state index < -0.39 is 0 Å². The highest BCUT2D eigenvalue weighted by Crippen LogP contribution is 2.37. The van der Waals surface area contributed by atoms with E-state index in [2.05, 4.69) is 22.2 Å². The number of aliphatic hydroxyl groups is 1. The zero-order valence-corrected chi connectivity index (χ0v) is 16.3. The first-order chi connectivity index (χ1) is 13.2. The Labute approximate surface area is 160 Å². The molecule has 0 spiro atoms. The van der Waals surface area contributed by atoms with Crippen LogP contribution in [0, 0.1) is 0 Å². The van der Waals surface area contributed by atoms with Crippen LogP contribution in [0.1, 0.15) is 56.9 Å². The monoisotopic (exact) mass is 374 g/mol. The fraction of sp³-hybridized carbons (Fsp3) is 0.650. The number of methoxy groups -OCH3 is 1. The molecule has 1 aliphatic carbocycles. The third-order valence-corrected chi connectivity index (χ3v) is 5.09. The zero-order chi connectivity index (χ0) is 19.1. The molecule has 7 nitrogen and oxygen atoms in total. The van der Waals surface area contributed by atoms with Gasteiger partial charge in [-0.3, -0.25) is 0 Å². The average molecular weight is 374 g/mol. The van der Waals surface area contributed by atoms with Crippen molar-refractivity contribution in [1.82, 2.24) is 15.0 Å². The lowest BCUT2D eigenvalue weighted by molar-refractivity contribution is 0.122. The number of unbranched alkanes of at least 4 members (excludes halogenated alkanes) is 1. The third-order valence-electron chi connectivity index (χ3n) is 5.09. The van der Waals surface area contributed by atoms with Crippen molar-refractivity contribution in [1.29, 1.82) is 0 Å². The largest absolute Gasteiger partial charge is 0.475 e. The fourth-order valence-corrected chi connectivity index (χ4v) is 3.50. The van der Waals surface area contributed by atoms with E-state index in [1.165, 1.54) is 0 Å². The van der Waals surface area contributed by atoms with Crippen molar-refractivity contribution in [3.63, 3.8) is 0 Å². The van der Waals surface area contributed by atoms with Crippen molar-refractivity contribution in [3.05, 3.63) is 18.0 Å². The van der Waals surface area contributed by atoms with Crippen molar-refractivity contribution in [2.24, 2.45) is 0 Å². The third kappa shape index (κ3) is 5.05. The first-order valence-corrected chi connectivity index (χ1v) is 9.92. The Morgan fingerprint density at radius 1 is 1.15 bits per heavy atom. The van der Waals surface area contributed by atoms with E-state index in [1.807, 2.05) is 6.20 Å². The van der Waals surface area contributed by atoms with Gasteiger partial charge in [0.15, 0.2) is 0 Å². The minimum Gasteiger partial charge on any atom is -0.475 e. The normalized spacial score (nSPS) is 20.0. The second-order valence-electron chi connectivity index (χ2n) is 7.10. The average Bonchev–Trinajstić information content (AvgIpc) is 2.69. The highest BCUT2D eigenvalue weighted by Gasteiger charge is 2.24. The predicted octanol–water partition coefficient (Wildman–Crippen LogP) is 3.28. The first-order valence-electron chi connectivity index (χ1n) is 9.92. The summed E-state index contributed by atoms with van der Waals surface area (Å²) in [7, 11) is 1.65. The van der Waals surface area contributed by atoms with Crippen molar-refractivity contribution < 1.29 is 14.6 Å². The molecule has 0 radical (unpaired) electrons. The van der Waals surface area contributed by atoms with E-state index in [-0.39, 0.29) is 6.10 Å². The Morgan fingerprint density at radius 2 is 1.96 bits per heavy atom. The van der Waals surface area contributed by atoms with Crippen LogP contribution in [-0.4, -0.2) is 53.0 Å². The second kappa shape index (κ2) is 9.80. The Bertz CT molecular complexity index is 732. The number of aliphatic hydroxyl groups excluding tert-OH is 1. The summed E-state index contributed by atoms with van der Waals surface area (Å²) in [6.45, 7) is 3.95. The number of hydrogen-bond acceptors (Lipinski definition) is 7. The van der Waals surface area contributed by atoms with Gasteiger partial charge in [0.2, 0.25) is 11.8 Å². The lowest BCUT2D eigenvalue weighted by Gasteiger charge is -2.26. The van der Waals surface area contributed by atoms with Crippen molar-refractivity contribution in [2.45, 2.75) is 57.5 Å². The number of ether oxygens (including phenoxy) is 2. The molecule has 2 aromatic heterocycles. The summed E-state index contributed by atoms with van der Waals surface area (Å²) in [6.07, 6.45) is 9.25. The topological polar surface area (TPSA) is 89.4 Å². The fourth-order valence-electron chi connectivity index (χ4n) is 3.50. The molecule has 2 aromatic rings. The van der Waals surface area contributed by atoms with Crippen LogP contribution in [0.2, 0.25) is 0 Å². The molecular formula is C20H30N4O3. The lowest BCUT2D eigenvalue weighted by atomic mass is 9.83. The molecule has 1 saturated carbocycles. The van der Waals surface area contributed by atoms with Gasteiger partial charge >= 0.3 is 0 Å². The zero-order valence-electron chi connectivity index (χ0n) is 16.3. The Balaban J connectivity index is 1.92. The Hall–Kier alpha value is -1.99. The summed E-state index contributed by atoms with van der Waals surface area (Å²) in [4.78, 5) is 13.8. The molecule has 0 unspecified atom stereocenters. The quantitative estimate of drug-likeness (QED) is 0.651. The van der Waals surface area contributed by atoms with Gasteiger partial charge in [0.25, 0.3) is 0 Å². The van der Waals surface area contributed by atoms with Gasteiger partial charge in [-0.15, -0.1) is 0 Å². The van der Waals surface area contributed by atoms with Gasteiger partial charge in [0, 0.05) is 31.6 Å². The minimum atomic E-state index is -0.182. The lowest BCUT2D eigenvalue weighted by Crippen LogP contribution is -2.18. The van der Waals surface area contributed by atoms with Gasteiger partial charge in [0.1, 0.15) is 6.61 Å². The smallest absolute Gasteiger partial charge is 0.224 e. The molecule has 148 valence electrons. The van der Waals surface area contributed by atoms with Crippen molar-refractivity contribution in [2.75, 3.05) is 32.2 Å². The summed E-state index contributed by atoms with van der Waals surface area (Å²) in [5.74, 6) is 1.54. The molecule has 2 N–H and O–H groups in total. The van der Waals surface area contributed by atoms with Gasteiger partial charge in [-0.1, -0.05) is 13.3 Å². The maximum atomic E-state index is 9.83. The molecule has 0 saturated heterocycles. The number of anilines is 1. The maximum absolute atomic E-state index is 9.83. The van der Waals surface area contributed by atoms with Crippen LogP contribution in [-0.2, 0) is 4.74 Å². The standard InChI is InChI=1S/C20H30N4O3/c1-3-4-9-21-20-23-13-17-18(24-20)16(14-5-7-15(25)8-6-14)12-22-19(17)27-11-10-26-2/h12-15,25H,3-11H2,1-2H3,(H,21,23,24)/t14-,15-. The molecule has 1 aliphatic rings. The summed E-state index contributed by atoms with van der Waals surface area (Å²) in [5.41, 5.74) is 2.02. The molecule has 0 aromatic carbocycles. The van der Waals surface area contributed by atoms with Crippen LogP contribution in [0.3, 0.4) is 0 Å². The molecule has 0 atom stereocenters. The Morgan fingerprint density at radius 3 is 2.70 bits per heavy atom. The van der Waals surface area contributed by atoms with Crippen LogP contribution in [0.15, 0.2) is 12.4 Å². The van der Waals surface area contributed by atoms with Gasteiger partial charge in [-0.05, 0) is 38.0 Å². The number of rotatable bonds is 9. The summed E-state index contributed by atoms with van der Waals surface area (Å²) < 4.78 is 10.8. The van der Waals surface area contributed by atoms with Gasteiger partial charge in [0.05, 0.1) is 23.6 Å². The molecule has 7 heteroatoms. The van der Waals surface area contributed by atoms with Crippen LogP contribution in [0.25, 0.3) is 10.9 Å². The highest BCUT2D eigenvalue weighted by atomic mass is 16.5. The molecule has 0 amide bonds. The van der Waals surface area contributed by atoms with E-state index in [0.29, 0.717) is 31.0 Å². The van der Waals surface area contributed by atoms with E-state index in [4.69, 9.17) is 14.5 Å².